The summed E-state index contributed by atoms with van der Waals surface area (Å²) in [5, 5.41) is 28.8. The van der Waals surface area contributed by atoms with E-state index in [1.165, 1.54) is 0 Å². The maximum atomic E-state index is 14.6. The molecule has 4 aromatic rings. The maximum absolute atomic E-state index is 14.6. The molecule has 0 aromatic heterocycles. The summed E-state index contributed by atoms with van der Waals surface area (Å²) in [5.74, 6) is -4.89. The molecule has 0 saturated heterocycles. The van der Waals surface area contributed by atoms with E-state index >= 15 is 0 Å². The summed E-state index contributed by atoms with van der Waals surface area (Å²) in [7, 11) is 0. The number of rotatable bonds is 57. The monoisotopic (exact) mass is 1300 g/mol. The molecule has 0 atom stereocenters. The molecule has 94 heavy (non-hydrogen) atoms. The summed E-state index contributed by atoms with van der Waals surface area (Å²) < 4.78 is 28.6. The Morgan fingerprint density at radius 2 is 0.521 bits per heavy atom. The van der Waals surface area contributed by atoms with Crippen molar-refractivity contribution in [2.24, 2.45) is 10.8 Å². The third-order valence-corrected chi connectivity index (χ3v) is 17.8. The van der Waals surface area contributed by atoms with Gasteiger partial charge in [0.15, 0.2) is 10.8 Å². The van der Waals surface area contributed by atoms with Crippen molar-refractivity contribution in [3.8, 4) is 5.75 Å². The predicted octanol–water partition coefficient (Wildman–Crippen LogP) is 18.7. The second kappa shape index (κ2) is 49.2. The molecule has 16 nitrogen and oxygen atoms in total. The van der Waals surface area contributed by atoms with Crippen molar-refractivity contribution in [2.45, 2.75) is 283 Å². The third-order valence-electron chi connectivity index (χ3n) is 17.8. The van der Waals surface area contributed by atoms with E-state index in [1.807, 2.05) is 91.0 Å². The number of hydrogen-bond donors (Lipinski definition) is 3. The van der Waals surface area contributed by atoms with Gasteiger partial charge in [-0.3, -0.25) is 38.4 Å². The van der Waals surface area contributed by atoms with Gasteiger partial charge in [-0.15, -0.1) is 0 Å². The summed E-state index contributed by atoms with van der Waals surface area (Å²) in [6.45, 7) is 0.493. The number of ether oxygens (including phenoxy) is 5. The van der Waals surface area contributed by atoms with Crippen molar-refractivity contribution in [3.05, 3.63) is 138 Å². The van der Waals surface area contributed by atoms with E-state index < -0.39 is 40.7 Å². The number of carboxylic acid groups (broad SMARTS) is 3. The Labute approximate surface area is 560 Å². The number of carbonyl (C=O) groups is 8. The average molecular weight is 1300 g/mol. The fourth-order valence-electron chi connectivity index (χ4n) is 11.9. The summed E-state index contributed by atoms with van der Waals surface area (Å²) >= 11 is 0. The van der Waals surface area contributed by atoms with Crippen molar-refractivity contribution in [2.75, 3.05) is 0 Å². The predicted molar refractivity (Wildman–Crippen MR) is 363 cm³/mol. The standard InChI is InChI=1S/C78H110O16/c79-69(80)48-34-17-9-1-5-13-21-38-56-77(73(84)85,74(86)87)57-39-22-14-6-4-12-20-37-51-72(83)94-68-54-52-67(53-55-68)63-93-76(89)78(75(88)92-62-66-46-32-27-33-47-66,58-40-23-15-7-2-10-18-35-49-70(81)90-60-64-42-28-25-29-43-64)59-41-24-16-8-3-11-19-36-50-71(82)91-61-65-44-30-26-31-45-65/h25-33,42-47,52-55H,1-24,34-41,48-51,56-63H2,(H,79,80)(H,84,85)(H,86,87). The fraction of sp³-hybridized carbons (Fsp3) is 0.590. The van der Waals surface area contributed by atoms with Crippen LogP contribution in [0.3, 0.4) is 0 Å². The van der Waals surface area contributed by atoms with Gasteiger partial charge in [0.2, 0.25) is 0 Å². The lowest BCUT2D eigenvalue weighted by molar-refractivity contribution is -0.176. The number of unbranched alkanes of at least 4 members (excludes halogenated alkanes) is 28. The van der Waals surface area contributed by atoms with E-state index in [2.05, 4.69) is 0 Å². The molecule has 4 rings (SSSR count). The van der Waals surface area contributed by atoms with Crippen LogP contribution in [-0.4, -0.2) is 63.1 Å². The molecule has 0 fully saturated rings. The van der Waals surface area contributed by atoms with E-state index in [-0.39, 0.29) is 82.9 Å². The lowest BCUT2D eigenvalue weighted by atomic mass is 9.77. The first-order chi connectivity index (χ1) is 45.7. The molecule has 0 aliphatic heterocycles. The van der Waals surface area contributed by atoms with Gasteiger partial charge in [-0.1, -0.05) is 283 Å². The SMILES string of the molecule is O=C(O)CCCCCCCCCCC(CCCCCCCCCCC(=O)Oc1ccc(COC(=O)C(CCCCCCCCCCC(=O)OCc2ccccc2)(CCCCCCCCCCC(=O)OCc2ccccc2)C(=O)OCc2ccccc2)cc1)(C(=O)O)C(=O)O. The van der Waals surface area contributed by atoms with Gasteiger partial charge in [-0.05, 0) is 85.8 Å². The number of hydrogen-bond acceptors (Lipinski definition) is 13. The van der Waals surface area contributed by atoms with Crippen molar-refractivity contribution in [3.63, 3.8) is 0 Å². The van der Waals surface area contributed by atoms with E-state index in [9.17, 15) is 48.6 Å². The molecule has 0 amide bonds. The van der Waals surface area contributed by atoms with E-state index in [0.717, 1.165) is 184 Å². The molecule has 0 bridgehead atoms. The molecule has 0 saturated carbocycles. The molecule has 0 aliphatic rings. The highest BCUT2D eigenvalue weighted by Gasteiger charge is 2.48. The lowest BCUT2D eigenvalue weighted by Crippen LogP contribution is -2.42. The van der Waals surface area contributed by atoms with E-state index in [4.69, 9.17) is 28.8 Å². The molecular weight excluding hydrogens is 1190 g/mol. The molecule has 518 valence electrons. The van der Waals surface area contributed by atoms with Crippen molar-refractivity contribution >= 4 is 47.8 Å². The van der Waals surface area contributed by atoms with Crippen LogP contribution in [0.5, 0.6) is 5.75 Å². The smallest absolute Gasteiger partial charge is 0.323 e. The highest BCUT2D eigenvalue weighted by molar-refractivity contribution is 6.00. The number of benzene rings is 4. The Balaban J connectivity index is 1.21. The van der Waals surface area contributed by atoms with Crippen LogP contribution in [0.2, 0.25) is 0 Å². The van der Waals surface area contributed by atoms with Crippen molar-refractivity contribution in [1.29, 1.82) is 0 Å². The third kappa shape index (κ3) is 34.7. The Kier molecular flexibility index (Phi) is 41.4. The number of esters is 5. The molecular formula is C78H110O16. The van der Waals surface area contributed by atoms with Crippen LogP contribution < -0.4 is 4.74 Å². The lowest BCUT2D eigenvalue weighted by Gasteiger charge is -2.30. The fourth-order valence-corrected chi connectivity index (χ4v) is 11.9. The second-order valence-electron chi connectivity index (χ2n) is 25.5. The molecule has 16 heteroatoms. The van der Waals surface area contributed by atoms with Gasteiger partial charge in [-0.25, -0.2) is 0 Å². The van der Waals surface area contributed by atoms with Crippen LogP contribution in [0, 0.1) is 10.8 Å². The van der Waals surface area contributed by atoms with Gasteiger partial charge in [0.1, 0.15) is 32.2 Å². The van der Waals surface area contributed by atoms with Crippen molar-refractivity contribution in [1.82, 2.24) is 0 Å². The van der Waals surface area contributed by atoms with Crippen LogP contribution in [0.25, 0.3) is 0 Å². The minimum Gasteiger partial charge on any atom is -0.481 e. The molecule has 0 radical (unpaired) electrons. The van der Waals surface area contributed by atoms with Gasteiger partial charge in [0.05, 0.1) is 0 Å². The van der Waals surface area contributed by atoms with Crippen LogP contribution in [-0.2, 0) is 83.7 Å². The largest absolute Gasteiger partial charge is 0.481 e. The van der Waals surface area contributed by atoms with Gasteiger partial charge in [0, 0.05) is 25.7 Å². The summed E-state index contributed by atoms with van der Waals surface area (Å²) in [5.41, 5.74) is 0.114. The first-order valence-electron chi connectivity index (χ1n) is 35.5. The zero-order valence-corrected chi connectivity index (χ0v) is 56.2. The quantitative estimate of drug-likeness (QED) is 0.0122. The summed E-state index contributed by atoms with van der Waals surface area (Å²) in [6, 6.07) is 35.5. The minimum atomic E-state index is -1.77. The van der Waals surface area contributed by atoms with E-state index in [1.54, 1.807) is 24.3 Å². The first-order valence-corrected chi connectivity index (χ1v) is 35.5. The number of carboxylic acids is 3. The second-order valence-corrected chi connectivity index (χ2v) is 25.5. The summed E-state index contributed by atoms with van der Waals surface area (Å²) in [4.78, 5) is 102. The normalized spacial score (nSPS) is 11.4. The highest BCUT2D eigenvalue weighted by atomic mass is 16.6. The first kappa shape index (κ1) is 79.1. The maximum Gasteiger partial charge on any atom is 0.323 e. The van der Waals surface area contributed by atoms with Crippen LogP contribution >= 0.6 is 0 Å². The van der Waals surface area contributed by atoms with Crippen LogP contribution in [0.1, 0.15) is 279 Å². The number of carbonyl (C=O) groups excluding carboxylic acids is 5. The molecule has 0 aliphatic carbocycles. The zero-order valence-electron chi connectivity index (χ0n) is 56.2. The minimum absolute atomic E-state index is 0.0224. The average Bonchev–Trinajstić information content (AvgIpc) is 0.830. The molecule has 0 unspecified atom stereocenters. The molecule has 3 N–H and O–H groups in total. The topological polar surface area (TPSA) is 243 Å². The molecule has 4 aromatic carbocycles. The molecule has 0 heterocycles. The summed E-state index contributed by atoms with van der Waals surface area (Å²) in [6.07, 6.45) is 29.2. The highest BCUT2D eigenvalue weighted by Crippen LogP contribution is 2.37. The Morgan fingerprint density at radius 3 is 0.830 bits per heavy atom. The Morgan fingerprint density at radius 1 is 0.266 bits per heavy atom. The van der Waals surface area contributed by atoms with Crippen LogP contribution in [0.15, 0.2) is 115 Å². The van der Waals surface area contributed by atoms with Crippen LogP contribution in [0.4, 0.5) is 0 Å². The van der Waals surface area contributed by atoms with Gasteiger partial charge >= 0.3 is 47.8 Å². The zero-order chi connectivity index (χ0) is 67.6. The number of aliphatic carboxylic acids is 3. The Hall–Kier alpha value is -7.36. The Bertz CT molecular complexity index is 2640. The van der Waals surface area contributed by atoms with Gasteiger partial charge in [-0.2, -0.15) is 0 Å². The van der Waals surface area contributed by atoms with Gasteiger partial charge in [0.25, 0.3) is 0 Å². The van der Waals surface area contributed by atoms with E-state index in [0.29, 0.717) is 62.7 Å². The molecule has 0 spiro atoms. The van der Waals surface area contributed by atoms with Crippen molar-refractivity contribution < 1.29 is 77.4 Å². The van der Waals surface area contributed by atoms with Gasteiger partial charge < -0.3 is 39.0 Å².